The first-order chi connectivity index (χ1) is 17.8. The van der Waals surface area contributed by atoms with E-state index in [2.05, 4.69) is 38.6 Å². The van der Waals surface area contributed by atoms with Crippen molar-refractivity contribution in [1.82, 2.24) is 4.90 Å². The van der Waals surface area contributed by atoms with E-state index >= 15 is 0 Å². The summed E-state index contributed by atoms with van der Waals surface area (Å²) in [6.07, 6.45) is 3.92. The van der Waals surface area contributed by atoms with Gasteiger partial charge in [-0.3, -0.25) is 0 Å². The molecule has 0 aromatic heterocycles. The summed E-state index contributed by atoms with van der Waals surface area (Å²) in [5.41, 5.74) is 8.96. The molecule has 5 nitrogen and oxygen atoms in total. The van der Waals surface area contributed by atoms with Crippen molar-refractivity contribution in [2.24, 2.45) is 11.1 Å². The third-order valence-electron chi connectivity index (χ3n) is 8.73. The van der Waals surface area contributed by atoms with Gasteiger partial charge in [0.15, 0.2) is 0 Å². The van der Waals surface area contributed by atoms with Gasteiger partial charge in [0.2, 0.25) is 0 Å². The molecule has 1 aliphatic carbocycles. The molecule has 6 rings (SSSR count). The smallest absolute Gasteiger partial charge is 0.380 e. The third kappa shape index (κ3) is 5.14. The van der Waals surface area contributed by atoms with Crippen LogP contribution in [0.5, 0.6) is 0 Å². The van der Waals surface area contributed by atoms with Gasteiger partial charge in [0.1, 0.15) is 0 Å². The van der Waals surface area contributed by atoms with Gasteiger partial charge in [-0.25, -0.2) is 0 Å². The summed E-state index contributed by atoms with van der Waals surface area (Å²) in [6.45, 7) is 5.45. The number of anilines is 4. The highest BCUT2D eigenvalue weighted by molar-refractivity contribution is 7.99. The number of fused-ring (bicyclic) bond motifs is 2. The summed E-state index contributed by atoms with van der Waals surface area (Å²) in [4.78, 5) is 6.39. The van der Waals surface area contributed by atoms with Gasteiger partial charge in [0, 0.05) is 60.8 Å². The molecule has 4 N–H and O–H groups in total. The lowest BCUT2D eigenvalue weighted by Gasteiger charge is -2.34. The Morgan fingerprint density at radius 3 is 2.54 bits per heavy atom. The molecule has 9 heteroatoms. The van der Waals surface area contributed by atoms with Crippen molar-refractivity contribution in [3.8, 4) is 0 Å². The lowest BCUT2D eigenvalue weighted by molar-refractivity contribution is -0.137. The fourth-order valence-electron chi connectivity index (χ4n) is 6.64. The molecule has 0 bridgehead atoms. The zero-order valence-electron chi connectivity index (χ0n) is 21.2. The second-order valence-electron chi connectivity index (χ2n) is 11.2. The maximum Gasteiger partial charge on any atom is 0.416 e. The van der Waals surface area contributed by atoms with Crippen LogP contribution in [0.4, 0.5) is 35.9 Å². The van der Waals surface area contributed by atoms with E-state index in [-0.39, 0.29) is 6.04 Å². The molecule has 2 aromatic carbocycles. The van der Waals surface area contributed by atoms with E-state index in [9.17, 15) is 13.2 Å². The summed E-state index contributed by atoms with van der Waals surface area (Å²) in [7, 11) is 0. The molecule has 3 heterocycles. The normalized spacial score (nSPS) is 21.7. The molecule has 0 radical (unpaired) electrons. The maximum atomic E-state index is 13.9. The molecule has 0 atom stereocenters. The highest BCUT2D eigenvalue weighted by Crippen LogP contribution is 2.52. The zero-order valence-corrected chi connectivity index (χ0v) is 22.0. The molecular weight excluding hydrogens is 495 g/mol. The van der Waals surface area contributed by atoms with Crippen LogP contribution in [0.2, 0.25) is 0 Å². The predicted octanol–water partition coefficient (Wildman–Crippen LogP) is 6.52. The van der Waals surface area contributed by atoms with E-state index < -0.39 is 11.7 Å². The molecule has 37 heavy (non-hydrogen) atoms. The lowest BCUT2D eigenvalue weighted by Crippen LogP contribution is -2.41. The van der Waals surface area contributed by atoms with Crippen molar-refractivity contribution < 1.29 is 13.2 Å². The molecule has 0 amide bonds. The topological polar surface area (TPSA) is 56.6 Å². The minimum Gasteiger partial charge on any atom is -0.380 e. The first-order valence-electron chi connectivity index (χ1n) is 13.6. The van der Waals surface area contributed by atoms with Crippen molar-refractivity contribution in [2.45, 2.75) is 67.0 Å². The van der Waals surface area contributed by atoms with E-state index in [0.29, 0.717) is 22.5 Å². The summed E-state index contributed by atoms with van der Waals surface area (Å²) in [5.74, 6) is 0. The average Bonchev–Trinajstić information content (AvgIpc) is 3.53. The molecular formula is C28H36F3N5S. The van der Waals surface area contributed by atoms with Crippen LogP contribution in [0.25, 0.3) is 0 Å². The van der Waals surface area contributed by atoms with Gasteiger partial charge in [-0.15, -0.1) is 0 Å². The number of hydrogen-bond acceptors (Lipinski definition) is 6. The number of likely N-dealkylation sites (tertiary alicyclic amines) is 1. The Morgan fingerprint density at radius 2 is 1.81 bits per heavy atom. The Bertz CT molecular complexity index is 1140. The number of benzene rings is 2. The zero-order chi connectivity index (χ0) is 25.6. The largest absolute Gasteiger partial charge is 0.416 e. The highest BCUT2D eigenvalue weighted by Gasteiger charge is 2.40. The minimum absolute atomic E-state index is 0.134. The standard InChI is InChI=1S/C28H36F3N5S/c29-28(30,31)19-15-23(33-20-5-11-35(12-6-20)14-10-32)26-25(16-19)37-24-17-21(3-4-22(24)34-26)36-13-9-27(18-36)7-1-2-8-27/h3-4,15-17,20,33-34H,1-2,5-14,18,32H2. The van der Waals surface area contributed by atoms with Crippen LogP contribution in [0, 0.1) is 5.41 Å². The van der Waals surface area contributed by atoms with Crippen molar-refractivity contribution in [3.05, 3.63) is 35.9 Å². The molecule has 4 aliphatic rings. The average molecular weight is 532 g/mol. The second-order valence-corrected chi connectivity index (χ2v) is 12.3. The first kappa shape index (κ1) is 25.2. The molecule has 1 saturated carbocycles. The Morgan fingerprint density at radius 1 is 1.03 bits per heavy atom. The van der Waals surface area contributed by atoms with E-state index in [1.807, 2.05) is 0 Å². The van der Waals surface area contributed by atoms with Gasteiger partial charge in [0.25, 0.3) is 0 Å². The van der Waals surface area contributed by atoms with E-state index in [0.717, 1.165) is 61.8 Å². The summed E-state index contributed by atoms with van der Waals surface area (Å²) < 4.78 is 41.6. The highest BCUT2D eigenvalue weighted by atomic mass is 32.2. The van der Waals surface area contributed by atoms with Crippen LogP contribution < -0.4 is 21.3 Å². The minimum atomic E-state index is -4.40. The fraction of sp³-hybridized carbons (Fsp3) is 0.571. The Labute approximate surface area is 221 Å². The first-order valence-corrected chi connectivity index (χ1v) is 14.4. The second kappa shape index (κ2) is 9.89. The van der Waals surface area contributed by atoms with Gasteiger partial charge in [-0.2, -0.15) is 13.2 Å². The number of halogens is 3. The number of nitrogens with two attached hydrogens (primary N) is 1. The number of alkyl halides is 3. The molecule has 1 spiro atoms. The van der Waals surface area contributed by atoms with E-state index in [1.165, 1.54) is 61.7 Å². The van der Waals surface area contributed by atoms with Crippen molar-refractivity contribution in [3.63, 3.8) is 0 Å². The lowest BCUT2D eigenvalue weighted by atomic mass is 9.86. The van der Waals surface area contributed by atoms with Crippen LogP contribution in [0.1, 0.15) is 50.5 Å². The molecule has 0 unspecified atom stereocenters. The van der Waals surface area contributed by atoms with Crippen molar-refractivity contribution in [1.29, 1.82) is 0 Å². The number of nitrogens with one attached hydrogen (secondary N) is 2. The quantitative estimate of drug-likeness (QED) is 0.349. The number of rotatable bonds is 5. The Balaban J connectivity index is 1.24. The summed E-state index contributed by atoms with van der Waals surface area (Å²) >= 11 is 1.44. The fourth-order valence-corrected chi connectivity index (χ4v) is 7.74. The molecule has 3 aliphatic heterocycles. The SMILES string of the molecule is NCCN1CCC(Nc2cc(C(F)(F)F)cc3c2Nc2ccc(N4CCC5(CCCC5)C4)cc2S3)CC1. The number of piperidine rings is 1. The Kier molecular flexibility index (Phi) is 6.74. The monoisotopic (exact) mass is 531 g/mol. The molecule has 200 valence electrons. The van der Waals surface area contributed by atoms with Gasteiger partial charge in [-0.05, 0) is 67.9 Å². The third-order valence-corrected chi connectivity index (χ3v) is 9.83. The number of nitrogens with zero attached hydrogens (tertiary/aromatic N) is 2. The van der Waals surface area contributed by atoms with Crippen molar-refractivity contribution >= 4 is 34.5 Å². The van der Waals surface area contributed by atoms with Gasteiger partial charge in [-0.1, -0.05) is 24.6 Å². The van der Waals surface area contributed by atoms with Crippen LogP contribution >= 0.6 is 11.8 Å². The van der Waals surface area contributed by atoms with E-state index in [1.54, 1.807) is 0 Å². The van der Waals surface area contributed by atoms with Gasteiger partial charge < -0.3 is 26.2 Å². The van der Waals surface area contributed by atoms with Crippen LogP contribution in [0.15, 0.2) is 40.1 Å². The van der Waals surface area contributed by atoms with Crippen LogP contribution in [0.3, 0.4) is 0 Å². The number of hydrogen-bond donors (Lipinski definition) is 3. The molecule has 2 saturated heterocycles. The van der Waals surface area contributed by atoms with Crippen LogP contribution in [-0.4, -0.2) is 50.2 Å². The van der Waals surface area contributed by atoms with Gasteiger partial charge >= 0.3 is 6.18 Å². The maximum absolute atomic E-state index is 13.9. The van der Waals surface area contributed by atoms with Crippen molar-refractivity contribution in [2.75, 3.05) is 54.8 Å². The molecule has 2 aromatic rings. The van der Waals surface area contributed by atoms with E-state index in [4.69, 9.17) is 5.73 Å². The molecule has 3 fully saturated rings. The summed E-state index contributed by atoms with van der Waals surface area (Å²) in [6, 6.07) is 9.10. The Hall–Kier alpha value is -2.10. The van der Waals surface area contributed by atoms with Gasteiger partial charge in [0.05, 0.1) is 22.6 Å². The predicted molar refractivity (Wildman–Crippen MR) is 145 cm³/mol. The summed E-state index contributed by atoms with van der Waals surface area (Å²) in [5, 5.41) is 6.93. The van der Waals surface area contributed by atoms with Crippen LogP contribution in [-0.2, 0) is 6.18 Å².